The van der Waals surface area contributed by atoms with Crippen molar-refractivity contribution < 1.29 is 14.2 Å². The molecule has 104 valence electrons. The van der Waals surface area contributed by atoms with Crippen LogP contribution in [0.15, 0.2) is 0 Å². The van der Waals surface area contributed by atoms with Crippen molar-refractivity contribution in [2.24, 2.45) is 5.73 Å². The number of ether oxygens (including phenoxy) is 3. The first-order chi connectivity index (χ1) is 8.14. The minimum absolute atomic E-state index is 0.0624. The van der Waals surface area contributed by atoms with Gasteiger partial charge in [0.1, 0.15) is 0 Å². The normalized spacial score (nSPS) is 15.2. The molecule has 17 heavy (non-hydrogen) atoms. The number of hydrogen-bond donors (Lipinski definition) is 1. The highest BCUT2D eigenvalue weighted by molar-refractivity contribution is 4.87. The van der Waals surface area contributed by atoms with Crippen LogP contribution in [0.5, 0.6) is 0 Å². The van der Waals surface area contributed by atoms with Crippen LogP contribution in [0.2, 0.25) is 0 Å². The van der Waals surface area contributed by atoms with Gasteiger partial charge in [-0.25, -0.2) is 0 Å². The molecule has 0 fully saturated rings. The molecular weight excluding hydrogens is 220 g/mol. The number of hydrogen-bond acceptors (Lipinski definition) is 5. The van der Waals surface area contributed by atoms with E-state index >= 15 is 0 Å². The van der Waals surface area contributed by atoms with Crippen LogP contribution in [-0.4, -0.2) is 71.2 Å². The maximum absolute atomic E-state index is 5.91. The zero-order valence-corrected chi connectivity index (χ0v) is 11.7. The fraction of sp³-hybridized carbons (Fsp3) is 1.00. The molecule has 1 unspecified atom stereocenters. The van der Waals surface area contributed by atoms with Gasteiger partial charge in [0.05, 0.1) is 13.2 Å². The number of nitrogens with zero attached hydrogens (tertiary/aromatic N) is 1. The van der Waals surface area contributed by atoms with Crippen LogP contribution in [0.4, 0.5) is 0 Å². The van der Waals surface area contributed by atoms with Gasteiger partial charge >= 0.3 is 0 Å². The van der Waals surface area contributed by atoms with E-state index in [1.165, 1.54) is 0 Å². The van der Waals surface area contributed by atoms with Crippen LogP contribution in [0.25, 0.3) is 0 Å². The molecule has 0 rings (SSSR count). The lowest BCUT2D eigenvalue weighted by Gasteiger charge is -2.40. The van der Waals surface area contributed by atoms with E-state index in [0.29, 0.717) is 26.4 Å². The first-order valence-corrected chi connectivity index (χ1v) is 6.06. The smallest absolute Gasteiger partial charge is 0.0589 e. The summed E-state index contributed by atoms with van der Waals surface area (Å²) in [6, 6.07) is 0. The van der Waals surface area contributed by atoms with Crippen LogP contribution in [0.1, 0.15) is 13.3 Å². The predicted molar refractivity (Wildman–Crippen MR) is 69.3 cm³/mol. The van der Waals surface area contributed by atoms with Gasteiger partial charge in [0.2, 0.25) is 0 Å². The Morgan fingerprint density at radius 3 is 1.76 bits per heavy atom. The number of nitrogens with two attached hydrogens (primary N) is 1. The fourth-order valence-electron chi connectivity index (χ4n) is 1.77. The van der Waals surface area contributed by atoms with Crippen LogP contribution >= 0.6 is 0 Å². The van der Waals surface area contributed by atoms with Gasteiger partial charge in [-0.15, -0.1) is 0 Å². The Morgan fingerprint density at radius 1 is 0.941 bits per heavy atom. The van der Waals surface area contributed by atoms with Crippen LogP contribution < -0.4 is 5.73 Å². The van der Waals surface area contributed by atoms with E-state index in [1.54, 1.807) is 21.3 Å². The minimum atomic E-state index is -0.0624. The van der Waals surface area contributed by atoms with Crippen LogP contribution in [0, 0.1) is 0 Å². The quantitative estimate of drug-likeness (QED) is 0.571. The number of rotatable bonds is 11. The third-order valence-corrected chi connectivity index (χ3v) is 3.18. The Kier molecular flexibility index (Phi) is 9.68. The van der Waals surface area contributed by atoms with E-state index in [2.05, 4.69) is 11.8 Å². The lowest BCUT2D eigenvalue weighted by atomic mass is 9.95. The van der Waals surface area contributed by atoms with Crippen LogP contribution in [-0.2, 0) is 14.2 Å². The highest BCUT2D eigenvalue weighted by atomic mass is 16.5. The molecule has 2 N–H and O–H groups in total. The second kappa shape index (κ2) is 9.79. The fourth-order valence-corrected chi connectivity index (χ4v) is 1.77. The maximum Gasteiger partial charge on any atom is 0.0589 e. The van der Waals surface area contributed by atoms with Gasteiger partial charge in [-0.2, -0.15) is 0 Å². The molecule has 0 aromatic rings. The Labute approximate surface area is 105 Å². The molecule has 0 aliphatic heterocycles. The summed E-state index contributed by atoms with van der Waals surface area (Å²) in [6.07, 6.45) is 0.910. The molecule has 0 saturated carbocycles. The molecule has 0 aliphatic carbocycles. The zero-order valence-electron chi connectivity index (χ0n) is 11.7. The minimum Gasteiger partial charge on any atom is -0.385 e. The van der Waals surface area contributed by atoms with Crippen molar-refractivity contribution in [2.75, 3.05) is 60.8 Å². The highest BCUT2D eigenvalue weighted by Gasteiger charge is 2.29. The van der Waals surface area contributed by atoms with Crippen molar-refractivity contribution >= 4 is 0 Å². The van der Waals surface area contributed by atoms with Crippen molar-refractivity contribution in [3.63, 3.8) is 0 Å². The van der Waals surface area contributed by atoms with E-state index in [1.807, 2.05) is 0 Å². The maximum atomic E-state index is 5.91. The lowest BCUT2D eigenvalue weighted by Crippen LogP contribution is -2.54. The summed E-state index contributed by atoms with van der Waals surface area (Å²) in [7, 11) is 5.14. The van der Waals surface area contributed by atoms with Gasteiger partial charge in [0.15, 0.2) is 0 Å². The molecule has 0 aromatic heterocycles. The molecule has 0 heterocycles. The first-order valence-electron chi connectivity index (χ1n) is 6.06. The van der Waals surface area contributed by atoms with Crippen molar-refractivity contribution in [3.8, 4) is 0 Å². The van der Waals surface area contributed by atoms with Gasteiger partial charge in [0.25, 0.3) is 0 Å². The molecule has 0 saturated heterocycles. The van der Waals surface area contributed by atoms with Gasteiger partial charge < -0.3 is 19.9 Å². The molecule has 0 aromatic carbocycles. The average molecular weight is 248 g/mol. The van der Waals surface area contributed by atoms with Crippen LogP contribution in [0.3, 0.4) is 0 Å². The van der Waals surface area contributed by atoms with E-state index in [0.717, 1.165) is 19.5 Å². The third-order valence-electron chi connectivity index (χ3n) is 3.18. The third kappa shape index (κ3) is 6.33. The molecule has 0 amide bonds. The summed E-state index contributed by atoms with van der Waals surface area (Å²) in [4.78, 5) is 2.32. The molecule has 5 heteroatoms. The second-order valence-corrected chi connectivity index (χ2v) is 4.42. The summed E-state index contributed by atoms with van der Waals surface area (Å²) in [6.45, 7) is 6.60. The zero-order chi connectivity index (χ0) is 13.1. The lowest BCUT2D eigenvalue weighted by molar-refractivity contribution is 0.0273. The van der Waals surface area contributed by atoms with Crippen molar-refractivity contribution in [2.45, 2.75) is 18.9 Å². The summed E-state index contributed by atoms with van der Waals surface area (Å²) < 4.78 is 15.4. The van der Waals surface area contributed by atoms with Crippen molar-refractivity contribution in [1.29, 1.82) is 0 Å². The SMILES string of the molecule is COCCN(CCOC)C(C)(CN)CCOC. The summed E-state index contributed by atoms with van der Waals surface area (Å²) in [5.41, 5.74) is 5.85. The summed E-state index contributed by atoms with van der Waals surface area (Å²) >= 11 is 0. The van der Waals surface area contributed by atoms with Gasteiger partial charge in [0, 0.05) is 53.1 Å². The first kappa shape index (κ1) is 16.8. The van der Waals surface area contributed by atoms with Gasteiger partial charge in [-0.1, -0.05) is 0 Å². The molecule has 0 bridgehead atoms. The van der Waals surface area contributed by atoms with E-state index in [-0.39, 0.29) is 5.54 Å². The molecule has 0 aliphatic rings. The molecule has 0 radical (unpaired) electrons. The molecule has 5 nitrogen and oxygen atoms in total. The van der Waals surface area contributed by atoms with E-state index in [4.69, 9.17) is 19.9 Å². The summed E-state index contributed by atoms with van der Waals surface area (Å²) in [5, 5.41) is 0. The Bertz CT molecular complexity index is 173. The van der Waals surface area contributed by atoms with Gasteiger partial charge in [-0.3, -0.25) is 4.90 Å². The van der Waals surface area contributed by atoms with Gasteiger partial charge in [-0.05, 0) is 13.3 Å². The molecular formula is C12H28N2O3. The monoisotopic (exact) mass is 248 g/mol. The van der Waals surface area contributed by atoms with Crippen molar-refractivity contribution in [1.82, 2.24) is 4.90 Å². The largest absolute Gasteiger partial charge is 0.385 e. The topological polar surface area (TPSA) is 57.0 Å². The highest BCUT2D eigenvalue weighted by Crippen LogP contribution is 2.18. The number of methoxy groups -OCH3 is 3. The predicted octanol–water partition coefficient (Wildman–Crippen LogP) is 0.335. The Morgan fingerprint density at radius 2 is 1.41 bits per heavy atom. The van der Waals surface area contributed by atoms with E-state index < -0.39 is 0 Å². The average Bonchev–Trinajstić information content (AvgIpc) is 2.36. The second-order valence-electron chi connectivity index (χ2n) is 4.42. The standard InChI is InChI=1S/C12H28N2O3/c1-12(11-13,5-8-15-2)14(6-9-16-3)7-10-17-4/h5-11,13H2,1-4H3. The van der Waals surface area contributed by atoms with Crippen molar-refractivity contribution in [3.05, 3.63) is 0 Å². The Hall–Kier alpha value is -0.200. The molecule has 0 spiro atoms. The summed E-state index contributed by atoms with van der Waals surface area (Å²) in [5.74, 6) is 0. The van der Waals surface area contributed by atoms with E-state index in [9.17, 15) is 0 Å². The Balaban J connectivity index is 4.44. The molecule has 1 atom stereocenters.